The molecule has 0 bridgehead atoms. The third-order valence-corrected chi connectivity index (χ3v) is 8.44. The number of carbonyl (C=O) groups is 4. The molecule has 0 aromatic heterocycles. The number of hydrogen-bond acceptors (Lipinski definition) is 6. The van der Waals surface area contributed by atoms with Crippen molar-refractivity contribution in [1.29, 1.82) is 0 Å². The van der Waals surface area contributed by atoms with Crippen LogP contribution in [0.1, 0.15) is 51.9 Å². The highest BCUT2D eigenvalue weighted by atomic mass is 32.2. The molecule has 1 aromatic carbocycles. The lowest BCUT2D eigenvalue weighted by atomic mass is 9.80. The predicted octanol–water partition coefficient (Wildman–Crippen LogP) is 0.682. The predicted molar refractivity (Wildman–Crippen MR) is 98.6 cm³/mol. The summed E-state index contributed by atoms with van der Waals surface area (Å²) in [6, 6.07) is 4.56. The van der Waals surface area contributed by atoms with Crippen LogP contribution in [0.4, 0.5) is 0 Å². The quantitative estimate of drug-likeness (QED) is 0.316. The Morgan fingerprint density at radius 2 is 1.86 bits per heavy atom. The van der Waals surface area contributed by atoms with Crippen LogP contribution >= 0.6 is 0 Å². The Hall–Kier alpha value is -2.39. The van der Waals surface area contributed by atoms with Crippen LogP contribution in [0.15, 0.2) is 24.3 Å². The largest absolute Gasteiger partial charge is 0.614 e. The summed E-state index contributed by atoms with van der Waals surface area (Å²) >= 11 is -2.10. The molecule has 3 heterocycles. The van der Waals surface area contributed by atoms with Crippen LogP contribution in [0.5, 0.6) is 0 Å². The molecule has 3 aliphatic rings. The summed E-state index contributed by atoms with van der Waals surface area (Å²) in [7, 11) is 0.994. The van der Waals surface area contributed by atoms with Crippen LogP contribution < -0.4 is 0 Å². The summed E-state index contributed by atoms with van der Waals surface area (Å²) in [5.74, 6) is -3.58. The van der Waals surface area contributed by atoms with Gasteiger partial charge in [0.1, 0.15) is 0 Å². The molecular formula is C19H20N2O6S. The van der Waals surface area contributed by atoms with E-state index in [2.05, 4.69) is 0 Å². The van der Waals surface area contributed by atoms with Crippen molar-refractivity contribution in [3.8, 4) is 0 Å². The first-order valence-corrected chi connectivity index (χ1v) is 9.92. The van der Waals surface area contributed by atoms with Gasteiger partial charge in [0.05, 0.1) is 18.2 Å². The third kappa shape index (κ3) is 1.86. The SMILES string of the molecule is [2H]C([2H])([2H])[C@@]1(C(=O)OC)N2C(=O)[C@@H](N3C(=O)c4ccccc4C3=O)[C@H]2[S+]([O-])[C@]1(C)CC. The van der Waals surface area contributed by atoms with Gasteiger partial charge in [0.2, 0.25) is 5.37 Å². The standard InChI is InChI=1S/C19H20N2O6S/c1-5-18(2)19(3,17(25)27-4)21-15(24)12(16(21)28(18)26)20-13(22)10-8-6-7-9-11(10)14(20)23/h6-9,12,16H,5H2,1-4H3/t12-,16-,18-,19+,28?/m1/s1/i3D3. The third-order valence-electron chi connectivity index (χ3n) is 6.06. The maximum atomic E-state index is 13.6. The molecule has 2 fully saturated rings. The monoisotopic (exact) mass is 407 g/mol. The van der Waals surface area contributed by atoms with Gasteiger partial charge in [-0.2, -0.15) is 0 Å². The molecule has 0 aliphatic carbocycles. The number of ether oxygens (including phenoxy) is 1. The molecule has 1 aromatic rings. The van der Waals surface area contributed by atoms with E-state index in [4.69, 9.17) is 8.85 Å². The van der Waals surface area contributed by atoms with Crippen molar-refractivity contribution >= 4 is 34.9 Å². The first kappa shape index (κ1) is 15.5. The summed E-state index contributed by atoms with van der Waals surface area (Å²) in [6.45, 7) is -0.149. The summed E-state index contributed by atoms with van der Waals surface area (Å²) in [6.07, 6.45) is -0.0256. The minimum absolute atomic E-state index is 0.0256. The lowest BCUT2D eigenvalue weighted by molar-refractivity contribution is -0.174. The van der Waals surface area contributed by atoms with Gasteiger partial charge in [0.25, 0.3) is 17.7 Å². The zero-order valence-electron chi connectivity index (χ0n) is 18.4. The Bertz CT molecular complexity index is 997. The second kappa shape index (κ2) is 5.81. The molecule has 3 amide bonds. The summed E-state index contributed by atoms with van der Waals surface area (Å²) in [5.41, 5.74) is -2.29. The Balaban J connectivity index is 1.86. The van der Waals surface area contributed by atoms with E-state index in [0.29, 0.717) is 0 Å². The van der Waals surface area contributed by atoms with Gasteiger partial charge in [-0.05, 0) is 43.5 Å². The molecule has 5 atom stereocenters. The van der Waals surface area contributed by atoms with Gasteiger partial charge >= 0.3 is 5.97 Å². The van der Waals surface area contributed by atoms with Crippen molar-refractivity contribution in [1.82, 2.24) is 9.80 Å². The number of methoxy groups -OCH3 is 1. The number of imide groups is 1. The van der Waals surface area contributed by atoms with Crippen molar-refractivity contribution in [3.63, 3.8) is 0 Å². The fourth-order valence-corrected chi connectivity index (χ4v) is 6.46. The van der Waals surface area contributed by atoms with Crippen LogP contribution in [0.2, 0.25) is 0 Å². The smallest absolute Gasteiger partial charge is 0.337 e. The molecular weight excluding hydrogens is 384 g/mol. The maximum absolute atomic E-state index is 13.6. The molecule has 4 rings (SSSR count). The zero-order valence-corrected chi connectivity index (χ0v) is 16.2. The summed E-state index contributed by atoms with van der Waals surface area (Å²) < 4.78 is 41.1. The first-order chi connectivity index (χ1) is 14.4. The van der Waals surface area contributed by atoms with Crippen molar-refractivity contribution in [2.24, 2.45) is 0 Å². The fourth-order valence-electron chi connectivity index (χ4n) is 4.24. The number of nitrogens with zero attached hydrogens (tertiary/aromatic N) is 2. The molecule has 8 nitrogen and oxygen atoms in total. The molecule has 0 spiro atoms. The Morgan fingerprint density at radius 1 is 1.29 bits per heavy atom. The highest BCUT2D eigenvalue weighted by molar-refractivity contribution is 7.94. The number of benzene rings is 1. The normalized spacial score (nSPS) is 38.4. The Morgan fingerprint density at radius 3 is 2.32 bits per heavy atom. The molecule has 9 heteroatoms. The number of hydrogen-bond donors (Lipinski definition) is 0. The van der Waals surface area contributed by atoms with Gasteiger partial charge in [0.15, 0.2) is 16.3 Å². The van der Waals surface area contributed by atoms with E-state index in [1.165, 1.54) is 19.1 Å². The highest BCUT2D eigenvalue weighted by Gasteiger charge is 2.81. The van der Waals surface area contributed by atoms with Gasteiger partial charge in [-0.3, -0.25) is 24.2 Å². The lowest BCUT2D eigenvalue weighted by Gasteiger charge is -2.47. The molecule has 0 saturated carbocycles. The fraction of sp³-hybridized carbons (Fsp3) is 0.474. The van der Waals surface area contributed by atoms with Crippen molar-refractivity contribution < 1.29 is 32.6 Å². The lowest BCUT2D eigenvalue weighted by Crippen LogP contribution is -2.76. The van der Waals surface area contributed by atoms with Crippen molar-refractivity contribution in [2.75, 3.05) is 7.11 Å². The minimum Gasteiger partial charge on any atom is -0.614 e. The first-order valence-electron chi connectivity index (χ1n) is 10.2. The van der Waals surface area contributed by atoms with Crippen LogP contribution in [0.3, 0.4) is 0 Å². The molecule has 1 unspecified atom stereocenters. The van der Waals surface area contributed by atoms with E-state index in [0.717, 1.165) is 16.9 Å². The average molecular weight is 407 g/mol. The van der Waals surface area contributed by atoms with Crippen LogP contribution in [0.25, 0.3) is 0 Å². The van der Waals surface area contributed by atoms with E-state index in [-0.39, 0.29) is 17.5 Å². The molecule has 0 N–H and O–H groups in total. The Kier molecular flexibility index (Phi) is 3.22. The summed E-state index contributed by atoms with van der Waals surface area (Å²) in [4.78, 5) is 53.5. The Labute approximate surface area is 169 Å². The second-order valence-corrected chi connectivity index (χ2v) is 9.13. The molecule has 148 valence electrons. The van der Waals surface area contributed by atoms with E-state index >= 15 is 0 Å². The van der Waals surface area contributed by atoms with Crippen LogP contribution in [-0.4, -0.2) is 66.9 Å². The number of carbonyl (C=O) groups excluding carboxylic acids is 4. The number of amides is 3. The maximum Gasteiger partial charge on any atom is 0.337 e. The second-order valence-electron chi connectivity index (χ2n) is 7.15. The van der Waals surface area contributed by atoms with Crippen molar-refractivity contribution in [3.05, 3.63) is 35.4 Å². The van der Waals surface area contributed by atoms with Crippen molar-refractivity contribution in [2.45, 2.75) is 48.8 Å². The molecule has 3 aliphatic heterocycles. The van der Waals surface area contributed by atoms with Gasteiger partial charge in [-0.25, -0.2) is 4.79 Å². The number of esters is 1. The van der Waals surface area contributed by atoms with Crippen LogP contribution in [0, 0.1) is 0 Å². The van der Waals surface area contributed by atoms with E-state index < -0.39 is 63.4 Å². The number of fused-ring (bicyclic) bond motifs is 2. The van der Waals surface area contributed by atoms with Gasteiger partial charge in [-0.1, -0.05) is 19.1 Å². The van der Waals surface area contributed by atoms with Crippen LogP contribution in [-0.2, 0) is 25.5 Å². The minimum atomic E-state index is -3.07. The number of β-lactam (4-membered cyclic amide) rings is 1. The summed E-state index contributed by atoms with van der Waals surface area (Å²) in [5, 5.41) is -1.33. The van der Waals surface area contributed by atoms with E-state index in [1.807, 2.05) is 0 Å². The van der Waals surface area contributed by atoms with E-state index in [9.17, 15) is 23.7 Å². The molecule has 0 radical (unpaired) electrons. The van der Waals surface area contributed by atoms with Gasteiger partial charge in [0, 0.05) is 4.11 Å². The number of rotatable bonds is 3. The average Bonchev–Trinajstić information content (AvgIpc) is 3.08. The topological polar surface area (TPSA) is 107 Å². The van der Waals surface area contributed by atoms with Gasteiger partial charge < -0.3 is 9.29 Å². The molecule has 28 heavy (non-hydrogen) atoms. The van der Waals surface area contributed by atoms with E-state index in [1.54, 1.807) is 19.1 Å². The highest BCUT2D eigenvalue weighted by Crippen LogP contribution is 2.55. The zero-order chi connectivity index (χ0) is 23.1. The van der Waals surface area contributed by atoms with Gasteiger partial charge in [-0.15, -0.1) is 0 Å². The molecule has 2 saturated heterocycles.